The normalized spacial score (nSPS) is 18.4. The number of carbonyl (C=O) groups is 1. The topological polar surface area (TPSA) is 45.7 Å². The summed E-state index contributed by atoms with van der Waals surface area (Å²) in [5, 5.41) is 0. The van der Waals surface area contributed by atoms with E-state index in [2.05, 4.69) is 9.88 Å². The van der Waals surface area contributed by atoms with E-state index in [4.69, 9.17) is 4.74 Å². The summed E-state index contributed by atoms with van der Waals surface area (Å²) >= 11 is 0. The van der Waals surface area contributed by atoms with Gasteiger partial charge in [0.05, 0.1) is 6.10 Å². The first-order valence-corrected chi connectivity index (χ1v) is 7.13. The molecule has 2 heterocycles. The lowest BCUT2D eigenvalue weighted by atomic mass is 10.2. The lowest BCUT2D eigenvalue weighted by molar-refractivity contribution is 0.0508. The molecule has 0 aromatic carbocycles. The molecule has 5 heteroatoms. The Bertz CT molecular complexity index is 416. The van der Waals surface area contributed by atoms with Crippen molar-refractivity contribution in [3.63, 3.8) is 0 Å². The monoisotopic (exact) mass is 277 g/mol. The van der Waals surface area contributed by atoms with Crippen LogP contribution in [0.4, 0.5) is 0 Å². The summed E-state index contributed by atoms with van der Waals surface area (Å²) < 4.78 is 5.65. The van der Waals surface area contributed by atoms with Gasteiger partial charge in [0.1, 0.15) is 5.69 Å². The molecule has 1 saturated heterocycles. The fourth-order valence-corrected chi connectivity index (χ4v) is 2.28. The van der Waals surface area contributed by atoms with Crippen molar-refractivity contribution in [2.75, 3.05) is 40.3 Å². The van der Waals surface area contributed by atoms with Crippen molar-refractivity contribution in [1.29, 1.82) is 0 Å². The quantitative estimate of drug-likeness (QED) is 0.785. The highest BCUT2D eigenvalue weighted by atomic mass is 16.5. The Hall–Kier alpha value is -1.46. The second-order valence-electron chi connectivity index (χ2n) is 5.40. The number of amides is 1. The molecule has 0 bridgehead atoms. The van der Waals surface area contributed by atoms with E-state index in [1.807, 2.05) is 31.1 Å². The molecule has 1 fully saturated rings. The van der Waals surface area contributed by atoms with Crippen LogP contribution in [0.1, 0.15) is 23.3 Å². The van der Waals surface area contributed by atoms with E-state index in [1.54, 1.807) is 12.3 Å². The Morgan fingerprint density at radius 3 is 2.85 bits per heavy atom. The van der Waals surface area contributed by atoms with Crippen molar-refractivity contribution in [1.82, 2.24) is 14.8 Å². The van der Waals surface area contributed by atoms with Crippen molar-refractivity contribution in [3.05, 3.63) is 30.1 Å². The van der Waals surface area contributed by atoms with Crippen LogP contribution in [0.15, 0.2) is 24.4 Å². The van der Waals surface area contributed by atoms with Crippen LogP contribution in [0.2, 0.25) is 0 Å². The highest BCUT2D eigenvalue weighted by Crippen LogP contribution is 2.14. The van der Waals surface area contributed by atoms with E-state index in [0.29, 0.717) is 18.8 Å². The summed E-state index contributed by atoms with van der Waals surface area (Å²) in [6, 6.07) is 5.43. The van der Waals surface area contributed by atoms with Gasteiger partial charge < -0.3 is 14.5 Å². The molecular formula is C15H23N3O2. The van der Waals surface area contributed by atoms with Crippen molar-refractivity contribution < 1.29 is 9.53 Å². The molecule has 5 nitrogen and oxygen atoms in total. The van der Waals surface area contributed by atoms with Crippen molar-refractivity contribution in [2.45, 2.75) is 18.9 Å². The summed E-state index contributed by atoms with van der Waals surface area (Å²) in [7, 11) is 4.02. The van der Waals surface area contributed by atoms with Crippen molar-refractivity contribution >= 4 is 5.91 Å². The maximum atomic E-state index is 12.5. The van der Waals surface area contributed by atoms with E-state index in [1.165, 1.54) is 0 Å². The van der Waals surface area contributed by atoms with Gasteiger partial charge in [0.25, 0.3) is 5.91 Å². The molecule has 0 radical (unpaired) electrons. The minimum atomic E-state index is -0.0112. The number of rotatable bonds is 6. The fourth-order valence-electron chi connectivity index (χ4n) is 2.28. The molecule has 0 unspecified atom stereocenters. The molecule has 1 atom stereocenters. The summed E-state index contributed by atoms with van der Waals surface area (Å²) in [5.74, 6) is -0.0112. The zero-order valence-corrected chi connectivity index (χ0v) is 12.3. The molecule has 0 aliphatic carbocycles. The number of ether oxygens (including phenoxy) is 1. The summed E-state index contributed by atoms with van der Waals surface area (Å²) in [4.78, 5) is 20.6. The molecule has 2 rings (SSSR count). The Morgan fingerprint density at radius 2 is 2.25 bits per heavy atom. The van der Waals surface area contributed by atoms with Crippen LogP contribution in [0, 0.1) is 0 Å². The average molecular weight is 277 g/mol. The largest absolute Gasteiger partial charge is 0.376 e. The smallest absolute Gasteiger partial charge is 0.272 e. The molecular weight excluding hydrogens is 254 g/mol. The molecule has 0 spiro atoms. The number of likely N-dealkylation sites (N-methyl/N-ethyl adjacent to an activating group) is 1. The first kappa shape index (κ1) is 14.9. The molecule has 1 aliphatic rings. The van der Waals surface area contributed by atoms with E-state index in [-0.39, 0.29) is 12.0 Å². The SMILES string of the molecule is CN(C)CCN(C[C@H]1CCCO1)C(=O)c1ccccn1. The van der Waals surface area contributed by atoms with Crippen LogP contribution in [0.25, 0.3) is 0 Å². The van der Waals surface area contributed by atoms with Crippen LogP contribution in [0.5, 0.6) is 0 Å². The maximum Gasteiger partial charge on any atom is 0.272 e. The Balaban J connectivity index is 2.02. The lowest BCUT2D eigenvalue weighted by Gasteiger charge is -2.26. The predicted molar refractivity (Wildman–Crippen MR) is 77.7 cm³/mol. The highest BCUT2D eigenvalue weighted by molar-refractivity contribution is 5.92. The van der Waals surface area contributed by atoms with Crippen molar-refractivity contribution in [2.24, 2.45) is 0 Å². The molecule has 110 valence electrons. The predicted octanol–water partition coefficient (Wildman–Crippen LogP) is 1.26. The number of carbonyl (C=O) groups excluding carboxylic acids is 1. The first-order chi connectivity index (χ1) is 9.66. The van der Waals surface area contributed by atoms with Gasteiger partial charge in [-0.3, -0.25) is 9.78 Å². The zero-order chi connectivity index (χ0) is 14.4. The van der Waals surface area contributed by atoms with Gasteiger partial charge in [-0.05, 0) is 39.1 Å². The Labute approximate surface area is 120 Å². The van der Waals surface area contributed by atoms with E-state index in [9.17, 15) is 4.79 Å². The highest BCUT2D eigenvalue weighted by Gasteiger charge is 2.23. The molecule has 1 amide bonds. The van der Waals surface area contributed by atoms with Crippen LogP contribution in [-0.4, -0.2) is 67.1 Å². The summed E-state index contributed by atoms with van der Waals surface area (Å²) in [6.07, 6.45) is 3.95. The van der Waals surface area contributed by atoms with E-state index < -0.39 is 0 Å². The third-order valence-electron chi connectivity index (χ3n) is 3.44. The van der Waals surface area contributed by atoms with Crippen LogP contribution >= 0.6 is 0 Å². The van der Waals surface area contributed by atoms with Crippen LogP contribution in [-0.2, 0) is 4.74 Å². The van der Waals surface area contributed by atoms with Gasteiger partial charge in [0.2, 0.25) is 0 Å². The summed E-state index contributed by atoms with van der Waals surface area (Å²) in [5.41, 5.74) is 0.504. The van der Waals surface area contributed by atoms with Gasteiger partial charge in [-0.1, -0.05) is 6.07 Å². The number of hydrogen-bond acceptors (Lipinski definition) is 4. The Morgan fingerprint density at radius 1 is 1.40 bits per heavy atom. The second-order valence-corrected chi connectivity index (χ2v) is 5.40. The van der Waals surface area contributed by atoms with Gasteiger partial charge in [0.15, 0.2) is 0 Å². The van der Waals surface area contributed by atoms with Gasteiger partial charge in [-0.25, -0.2) is 0 Å². The molecule has 0 saturated carbocycles. The minimum Gasteiger partial charge on any atom is -0.376 e. The standard InChI is InChI=1S/C15H23N3O2/c1-17(2)9-10-18(12-13-6-5-11-20-13)15(19)14-7-3-4-8-16-14/h3-4,7-8,13H,5-6,9-12H2,1-2H3/t13-/m1/s1. The van der Waals surface area contributed by atoms with Gasteiger partial charge >= 0.3 is 0 Å². The zero-order valence-electron chi connectivity index (χ0n) is 12.3. The molecule has 20 heavy (non-hydrogen) atoms. The average Bonchev–Trinajstić information content (AvgIpc) is 2.96. The Kier molecular flexibility index (Phi) is 5.49. The number of aromatic nitrogens is 1. The van der Waals surface area contributed by atoms with Gasteiger partial charge in [0, 0.05) is 32.4 Å². The maximum absolute atomic E-state index is 12.5. The van der Waals surface area contributed by atoms with E-state index >= 15 is 0 Å². The molecule has 1 aliphatic heterocycles. The second kappa shape index (κ2) is 7.36. The van der Waals surface area contributed by atoms with Gasteiger partial charge in [-0.15, -0.1) is 0 Å². The van der Waals surface area contributed by atoms with Crippen molar-refractivity contribution in [3.8, 4) is 0 Å². The third kappa shape index (κ3) is 4.28. The number of hydrogen-bond donors (Lipinski definition) is 0. The third-order valence-corrected chi connectivity index (χ3v) is 3.44. The van der Waals surface area contributed by atoms with Crippen LogP contribution in [0.3, 0.4) is 0 Å². The van der Waals surface area contributed by atoms with E-state index in [0.717, 1.165) is 26.0 Å². The van der Waals surface area contributed by atoms with Crippen LogP contribution < -0.4 is 0 Å². The molecule has 0 N–H and O–H groups in total. The number of pyridine rings is 1. The fraction of sp³-hybridized carbons (Fsp3) is 0.600. The lowest BCUT2D eigenvalue weighted by Crippen LogP contribution is -2.41. The minimum absolute atomic E-state index is 0.0112. The first-order valence-electron chi connectivity index (χ1n) is 7.13. The molecule has 1 aromatic heterocycles. The van der Waals surface area contributed by atoms with Gasteiger partial charge in [-0.2, -0.15) is 0 Å². The molecule has 1 aromatic rings. The summed E-state index contributed by atoms with van der Waals surface area (Å²) in [6.45, 7) is 3.00. The number of nitrogens with zero attached hydrogens (tertiary/aromatic N) is 3.